The summed E-state index contributed by atoms with van der Waals surface area (Å²) in [7, 11) is 0. The first-order valence-corrected chi connectivity index (χ1v) is 6.16. The van der Waals surface area contributed by atoms with Crippen LogP contribution in [0.2, 0.25) is 0 Å². The van der Waals surface area contributed by atoms with Crippen molar-refractivity contribution in [3.8, 4) is 17.6 Å². The lowest BCUT2D eigenvalue weighted by Crippen LogP contribution is -2.21. The third-order valence-corrected chi connectivity index (χ3v) is 3.17. The van der Waals surface area contributed by atoms with Crippen molar-refractivity contribution < 1.29 is 9.47 Å². The van der Waals surface area contributed by atoms with Gasteiger partial charge in [0.05, 0.1) is 11.6 Å². The number of hydrogen-bond donors (Lipinski definition) is 0. The Balaban J connectivity index is 1.85. The van der Waals surface area contributed by atoms with Gasteiger partial charge in [0.15, 0.2) is 17.6 Å². The standard InChI is InChI=1S/C16H13NO2/c1-11-2-7-14-15(8-11)18-10-16(19-14)13-5-3-12(9-17)4-6-13/h2-8,16H,10H2,1H3. The van der Waals surface area contributed by atoms with Crippen LogP contribution in [0.3, 0.4) is 0 Å². The molecule has 0 amide bonds. The predicted octanol–water partition coefficient (Wildman–Crippen LogP) is 3.38. The maximum atomic E-state index is 8.79. The zero-order valence-electron chi connectivity index (χ0n) is 10.6. The predicted molar refractivity (Wildman–Crippen MR) is 71.2 cm³/mol. The highest BCUT2D eigenvalue weighted by molar-refractivity contribution is 5.44. The van der Waals surface area contributed by atoms with Crippen LogP contribution in [0, 0.1) is 18.3 Å². The van der Waals surface area contributed by atoms with Crippen molar-refractivity contribution in [2.24, 2.45) is 0 Å². The van der Waals surface area contributed by atoms with Gasteiger partial charge in [-0.1, -0.05) is 18.2 Å². The molecule has 0 fully saturated rings. The van der Waals surface area contributed by atoms with Crippen LogP contribution in [0.25, 0.3) is 0 Å². The summed E-state index contributed by atoms with van der Waals surface area (Å²) >= 11 is 0. The average Bonchev–Trinajstić information content (AvgIpc) is 2.47. The molecule has 0 aliphatic carbocycles. The van der Waals surface area contributed by atoms with Crippen molar-refractivity contribution in [2.45, 2.75) is 13.0 Å². The summed E-state index contributed by atoms with van der Waals surface area (Å²) in [6, 6.07) is 15.4. The zero-order chi connectivity index (χ0) is 13.2. The van der Waals surface area contributed by atoms with E-state index < -0.39 is 0 Å². The van der Waals surface area contributed by atoms with Gasteiger partial charge in [-0.15, -0.1) is 0 Å². The summed E-state index contributed by atoms with van der Waals surface area (Å²) in [5.74, 6) is 1.57. The monoisotopic (exact) mass is 251 g/mol. The lowest BCUT2D eigenvalue weighted by Gasteiger charge is -2.27. The molecule has 3 rings (SSSR count). The zero-order valence-corrected chi connectivity index (χ0v) is 10.6. The first-order valence-electron chi connectivity index (χ1n) is 6.16. The fourth-order valence-electron chi connectivity index (χ4n) is 2.11. The average molecular weight is 251 g/mol. The number of benzene rings is 2. The van der Waals surface area contributed by atoms with Gasteiger partial charge in [-0.2, -0.15) is 5.26 Å². The van der Waals surface area contributed by atoms with E-state index in [1.807, 2.05) is 37.3 Å². The third kappa shape index (κ3) is 2.25. The van der Waals surface area contributed by atoms with Crippen LogP contribution < -0.4 is 9.47 Å². The molecule has 3 nitrogen and oxygen atoms in total. The van der Waals surface area contributed by atoms with E-state index in [0.29, 0.717) is 12.2 Å². The van der Waals surface area contributed by atoms with E-state index in [9.17, 15) is 0 Å². The van der Waals surface area contributed by atoms with E-state index in [2.05, 4.69) is 6.07 Å². The molecule has 1 unspecified atom stereocenters. The van der Waals surface area contributed by atoms with Gasteiger partial charge in [-0.05, 0) is 42.3 Å². The summed E-state index contributed by atoms with van der Waals surface area (Å²) in [4.78, 5) is 0. The highest BCUT2D eigenvalue weighted by Crippen LogP contribution is 2.36. The summed E-state index contributed by atoms with van der Waals surface area (Å²) in [5, 5.41) is 8.79. The number of nitrogens with zero attached hydrogens (tertiary/aromatic N) is 1. The Morgan fingerprint density at radius 2 is 1.89 bits per heavy atom. The van der Waals surface area contributed by atoms with Crippen LogP contribution in [-0.2, 0) is 0 Å². The van der Waals surface area contributed by atoms with Crippen LogP contribution >= 0.6 is 0 Å². The van der Waals surface area contributed by atoms with Gasteiger partial charge >= 0.3 is 0 Å². The number of fused-ring (bicyclic) bond motifs is 1. The fraction of sp³-hybridized carbons (Fsp3) is 0.188. The van der Waals surface area contributed by atoms with E-state index in [1.54, 1.807) is 12.1 Å². The van der Waals surface area contributed by atoms with Crippen LogP contribution in [0.15, 0.2) is 42.5 Å². The Labute approximate surface area is 112 Å². The van der Waals surface area contributed by atoms with Gasteiger partial charge in [0.1, 0.15) is 6.61 Å². The van der Waals surface area contributed by atoms with Crippen molar-refractivity contribution in [1.82, 2.24) is 0 Å². The second kappa shape index (κ2) is 4.66. The molecule has 19 heavy (non-hydrogen) atoms. The molecule has 3 heteroatoms. The molecular formula is C16H13NO2. The quantitative estimate of drug-likeness (QED) is 0.780. The Bertz CT molecular complexity index is 641. The fourth-order valence-corrected chi connectivity index (χ4v) is 2.11. The summed E-state index contributed by atoms with van der Waals surface area (Å²) in [5.41, 5.74) is 2.82. The Kier molecular flexibility index (Phi) is 2.85. The summed E-state index contributed by atoms with van der Waals surface area (Å²) in [6.45, 7) is 2.51. The van der Waals surface area contributed by atoms with Crippen LogP contribution in [0.1, 0.15) is 22.8 Å². The van der Waals surface area contributed by atoms with Gasteiger partial charge in [-0.3, -0.25) is 0 Å². The number of rotatable bonds is 1. The van der Waals surface area contributed by atoms with Crippen LogP contribution in [0.5, 0.6) is 11.5 Å². The van der Waals surface area contributed by atoms with E-state index >= 15 is 0 Å². The van der Waals surface area contributed by atoms with E-state index in [4.69, 9.17) is 14.7 Å². The molecule has 94 valence electrons. The first-order chi connectivity index (χ1) is 9.26. The van der Waals surface area contributed by atoms with Gasteiger partial charge in [0, 0.05) is 0 Å². The topological polar surface area (TPSA) is 42.2 Å². The highest BCUT2D eigenvalue weighted by atomic mass is 16.6. The second-order valence-electron chi connectivity index (χ2n) is 4.60. The van der Waals surface area contributed by atoms with Gasteiger partial charge in [-0.25, -0.2) is 0 Å². The number of aryl methyl sites for hydroxylation is 1. The molecule has 0 bridgehead atoms. The molecule has 1 aliphatic heterocycles. The molecule has 2 aromatic carbocycles. The van der Waals surface area contributed by atoms with Crippen molar-refractivity contribution in [3.63, 3.8) is 0 Å². The molecule has 2 aromatic rings. The van der Waals surface area contributed by atoms with Crippen molar-refractivity contribution in [3.05, 3.63) is 59.2 Å². The molecule has 1 atom stereocenters. The molecule has 0 spiro atoms. The minimum absolute atomic E-state index is 0.122. The SMILES string of the molecule is Cc1ccc2c(c1)OCC(c1ccc(C#N)cc1)O2. The first kappa shape index (κ1) is 11.6. The molecule has 0 N–H and O–H groups in total. The summed E-state index contributed by atoms with van der Waals surface area (Å²) < 4.78 is 11.7. The minimum Gasteiger partial charge on any atom is -0.485 e. The van der Waals surface area contributed by atoms with Crippen molar-refractivity contribution in [1.29, 1.82) is 5.26 Å². The lowest BCUT2D eigenvalue weighted by molar-refractivity contribution is 0.0912. The molecule has 0 saturated carbocycles. The second-order valence-corrected chi connectivity index (χ2v) is 4.60. The van der Waals surface area contributed by atoms with Crippen LogP contribution in [-0.4, -0.2) is 6.61 Å². The normalized spacial score (nSPS) is 16.7. The molecule has 0 saturated heterocycles. The molecular weight excluding hydrogens is 238 g/mol. The lowest BCUT2D eigenvalue weighted by atomic mass is 10.1. The largest absolute Gasteiger partial charge is 0.485 e. The van der Waals surface area contributed by atoms with Crippen molar-refractivity contribution >= 4 is 0 Å². The Morgan fingerprint density at radius 1 is 1.11 bits per heavy atom. The maximum absolute atomic E-state index is 8.79. The maximum Gasteiger partial charge on any atom is 0.162 e. The number of nitriles is 1. The van der Waals surface area contributed by atoms with Gasteiger partial charge < -0.3 is 9.47 Å². The highest BCUT2D eigenvalue weighted by Gasteiger charge is 2.22. The van der Waals surface area contributed by atoms with Crippen molar-refractivity contribution in [2.75, 3.05) is 6.61 Å². The van der Waals surface area contributed by atoms with Crippen LogP contribution in [0.4, 0.5) is 0 Å². The van der Waals surface area contributed by atoms with Gasteiger partial charge in [0.25, 0.3) is 0 Å². The van der Waals surface area contributed by atoms with E-state index in [-0.39, 0.29) is 6.10 Å². The molecule has 1 heterocycles. The number of hydrogen-bond acceptors (Lipinski definition) is 3. The van der Waals surface area contributed by atoms with E-state index in [1.165, 1.54) is 0 Å². The smallest absolute Gasteiger partial charge is 0.162 e. The minimum atomic E-state index is -0.122. The number of ether oxygens (including phenoxy) is 2. The summed E-state index contributed by atoms with van der Waals surface area (Å²) in [6.07, 6.45) is -0.122. The molecule has 0 aromatic heterocycles. The Hall–Kier alpha value is -2.47. The molecule has 0 radical (unpaired) electrons. The third-order valence-electron chi connectivity index (χ3n) is 3.17. The van der Waals surface area contributed by atoms with E-state index in [0.717, 1.165) is 22.6 Å². The molecule has 1 aliphatic rings. The van der Waals surface area contributed by atoms with Gasteiger partial charge in [0.2, 0.25) is 0 Å². The Morgan fingerprint density at radius 3 is 2.63 bits per heavy atom.